The third-order valence-electron chi connectivity index (χ3n) is 3.29. The first-order valence-corrected chi connectivity index (χ1v) is 6.48. The standard InChI is InChI=1S/C14H15BrO3.Na/c1-8-11(16)14(2,3)12(18-13(8)17)9-4-6-10(15)7-5-9;/h4-7,12,16H,1-3H3;/q;+1/p-1. The van der Waals surface area contributed by atoms with E-state index in [1.807, 2.05) is 24.3 Å². The summed E-state index contributed by atoms with van der Waals surface area (Å²) in [5.41, 5.74) is 0.275. The Labute approximate surface area is 143 Å². The van der Waals surface area contributed by atoms with Gasteiger partial charge in [-0.05, 0) is 24.6 Å². The van der Waals surface area contributed by atoms with Gasteiger partial charge in [-0.15, -0.1) is 5.76 Å². The third-order valence-corrected chi connectivity index (χ3v) is 3.81. The van der Waals surface area contributed by atoms with Gasteiger partial charge in [0, 0.05) is 15.5 Å². The first-order chi connectivity index (χ1) is 8.34. The fourth-order valence-corrected chi connectivity index (χ4v) is 2.42. The van der Waals surface area contributed by atoms with Crippen molar-refractivity contribution < 1.29 is 44.2 Å². The van der Waals surface area contributed by atoms with Crippen molar-refractivity contribution in [3.8, 4) is 0 Å². The van der Waals surface area contributed by atoms with Gasteiger partial charge in [-0.2, -0.15) is 0 Å². The van der Waals surface area contributed by atoms with Gasteiger partial charge >= 0.3 is 35.5 Å². The second-order valence-electron chi connectivity index (χ2n) is 5.01. The number of benzene rings is 1. The molecule has 0 saturated heterocycles. The van der Waals surface area contributed by atoms with E-state index in [2.05, 4.69) is 15.9 Å². The molecule has 96 valence electrons. The van der Waals surface area contributed by atoms with Crippen LogP contribution in [-0.4, -0.2) is 5.97 Å². The number of carbonyl (C=O) groups excluding carboxylic acids is 1. The summed E-state index contributed by atoms with van der Waals surface area (Å²) in [6, 6.07) is 7.46. The average Bonchev–Trinajstić information content (AvgIpc) is 2.33. The fourth-order valence-electron chi connectivity index (χ4n) is 2.16. The van der Waals surface area contributed by atoms with Crippen LogP contribution in [0, 0.1) is 5.41 Å². The minimum absolute atomic E-state index is 0. The summed E-state index contributed by atoms with van der Waals surface area (Å²) >= 11 is 3.35. The number of ether oxygens (including phenoxy) is 1. The van der Waals surface area contributed by atoms with Crippen molar-refractivity contribution in [2.45, 2.75) is 26.9 Å². The van der Waals surface area contributed by atoms with Crippen LogP contribution in [0.15, 0.2) is 40.1 Å². The second-order valence-corrected chi connectivity index (χ2v) is 5.93. The molecule has 0 fully saturated rings. The Morgan fingerprint density at radius 3 is 2.32 bits per heavy atom. The normalized spacial score (nSPS) is 21.7. The molecule has 1 unspecified atom stereocenters. The Morgan fingerprint density at radius 1 is 1.26 bits per heavy atom. The van der Waals surface area contributed by atoms with Gasteiger partial charge in [0.1, 0.15) is 6.10 Å². The van der Waals surface area contributed by atoms with Crippen molar-refractivity contribution in [2.75, 3.05) is 0 Å². The monoisotopic (exact) mass is 332 g/mol. The number of carbonyl (C=O) groups is 1. The molecule has 0 aromatic heterocycles. The van der Waals surface area contributed by atoms with Gasteiger partial charge in [-0.3, -0.25) is 0 Å². The summed E-state index contributed by atoms with van der Waals surface area (Å²) in [6.07, 6.45) is -0.533. The van der Waals surface area contributed by atoms with E-state index in [0.29, 0.717) is 0 Å². The molecule has 0 bridgehead atoms. The van der Waals surface area contributed by atoms with Crippen LogP contribution in [-0.2, 0) is 9.53 Å². The molecule has 0 spiro atoms. The zero-order valence-corrected chi connectivity index (χ0v) is 15.1. The van der Waals surface area contributed by atoms with E-state index < -0.39 is 17.5 Å². The largest absolute Gasteiger partial charge is 1.00 e. The van der Waals surface area contributed by atoms with Crippen LogP contribution in [0.4, 0.5) is 0 Å². The van der Waals surface area contributed by atoms with Gasteiger partial charge in [0.25, 0.3) is 0 Å². The molecule has 1 atom stereocenters. The Bertz CT molecular complexity index is 520. The molecule has 1 heterocycles. The molecule has 0 amide bonds. The molecule has 3 nitrogen and oxygen atoms in total. The maximum absolute atomic E-state index is 12.2. The number of hydrogen-bond acceptors (Lipinski definition) is 3. The van der Waals surface area contributed by atoms with Gasteiger partial charge in [-0.1, -0.05) is 41.9 Å². The second kappa shape index (κ2) is 6.00. The Hall–Kier alpha value is -0.290. The topological polar surface area (TPSA) is 49.4 Å². The summed E-state index contributed by atoms with van der Waals surface area (Å²) in [6.45, 7) is 5.13. The summed E-state index contributed by atoms with van der Waals surface area (Å²) in [5.74, 6) is -0.668. The first-order valence-electron chi connectivity index (χ1n) is 5.69. The number of cyclic esters (lactones) is 1. The van der Waals surface area contributed by atoms with Gasteiger partial charge in [0.15, 0.2) is 0 Å². The molecule has 0 saturated carbocycles. The molecule has 19 heavy (non-hydrogen) atoms. The molecule has 2 rings (SSSR count). The molecule has 5 heteroatoms. The van der Waals surface area contributed by atoms with Gasteiger partial charge in [-0.25, -0.2) is 4.79 Å². The first kappa shape index (κ1) is 16.8. The van der Waals surface area contributed by atoms with E-state index >= 15 is 0 Å². The SMILES string of the molecule is CC1=C([O-])C(C)(C)C(c2ccc(Br)cc2)OC1=O.[Na+]. The number of esters is 1. The molecule has 0 aliphatic carbocycles. The predicted octanol–water partition coefficient (Wildman–Crippen LogP) is -0.289. The maximum Gasteiger partial charge on any atom is 1.00 e. The van der Waals surface area contributed by atoms with E-state index in [4.69, 9.17) is 4.74 Å². The minimum Gasteiger partial charge on any atom is -0.875 e. The van der Waals surface area contributed by atoms with E-state index in [0.717, 1.165) is 10.0 Å². The minimum atomic E-state index is -0.730. The zero-order valence-electron chi connectivity index (χ0n) is 11.5. The average molecular weight is 333 g/mol. The van der Waals surface area contributed by atoms with Crippen molar-refractivity contribution in [2.24, 2.45) is 5.41 Å². The van der Waals surface area contributed by atoms with Crippen LogP contribution < -0.4 is 34.7 Å². The molecule has 1 aromatic carbocycles. The van der Waals surface area contributed by atoms with Crippen molar-refractivity contribution >= 4 is 21.9 Å². The third kappa shape index (κ3) is 3.07. The molecule has 1 aromatic rings. The predicted molar refractivity (Wildman–Crippen MR) is 69.5 cm³/mol. The van der Waals surface area contributed by atoms with E-state index in [1.165, 1.54) is 6.92 Å². The molecule has 1 aliphatic rings. The van der Waals surface area contributed by atoms with Crippen molar-refractivity contribution in [1.29, 1.82) is 0 Å². The zero-order chi connectivity index (χ0) is 13.5. The Morgan fingerprint density at radius 2 is 1.79 bits per heavy atom. The van der Waals surface area contributed by atoms with Crippen LogP contribution in [0.2, 0.25) is 0 Å². The van der Waals surface area contributed by atoms with Crippen LogP contribution >= 0.6 is 15.9 Å². The number of halogens is 1. The molecular weight excluding hydrogens is 319 g/mol. The maximum atomic E-state index is 12.2. The van der Waals surface area contributed by atoms with Crippen LogP contribution in [0.5, 0.6) is 0 Å². The molecule has 0 radical (unpaired) electrons. The van der Waals surface area contributed by atoms with E-state index in [9.17, 15) is 9.90 Å². The van der Waals surface area contributed by atoms with Crippen molar-refractivity contribution in [3.05, 3.63) is 45.6 Å². The smallest absolute Gasteiger partial charge is 0.875 e. The van der Waals surface area contributed by atoms with E-state index in [1.54, 1.807) is 13.8 Å². The summed E-state index contributed by atoms with van der Waals surface area (Å²) < 4.78 is 6.34. The molecular formula is C14H14BrNaO3. The van der Waals surface area contributed by atoms with Gasteiger partial charge in [0.05, 0.1) is 0 Å². The number of rotatable bonds is 1. The number of hydrogen-bond donors (Lipinski definition) is 0. The van der Waals surface area contributed by atoms with Crippen LogP contribution in [0.1, 0.15) is 32.4 Å². The van der Waals surface area contributed by atoms with Crippen LogP contribution in [0.3, 0.4) is 0 Å². The molecule has 1 aliphatic heterocycles. The van der Waals surface area contributed by atoms with Crippen molar-refractivity contribution in [3.63, 3.8) is 0 Å². The quantitative estimate of drug-likeness (QED) is 0.524. The molecule has 0 N–H and O–H groups in total. The van der Waals surface area contributed by atoms with Crippen LogP contribution in [0.25, 0.3) is 0 Å². The summed E-state index contributed by atoms with van der Waals surface area (Å²) in [5, 5.41) is 12.2. The summed E-state index contributed by atoms with van der Waals surface area (Å²) in [7, 11) is 0. The fraction of sp³-hybridized carbons (Fsp3) is 0.357. The van der Waals surface area contributed by atoms with E-state index in [-0.39, 0.29) is 40.9 Å². The Kier molecular flexibility index (Phi) is 5.29. The van der Waals surface area contributed by atoms with Gasteiger partial charge < -0.3 is 9.84 Å². The summed E-state index contributed by atoms with van der Waals surface area (Å²) in [4.78, 5) is 11.7. The Balaban J connectivity index is 0.00000180. The van der Waals surface area contributed by atoms with Gasteiger partial charge in [0.2, 0.25) is 0 Å². The van der Waals surface area contributed by atoms with Crippen molar-refractivity contribution in [1.82, 2.24) is 0 Å².